The summed E-state index contributed by atoms with van der Waals surface area (Å²) in [6, 6.07) is 18.3. The number of hydrogen-bond donors (Lipinski definition) is 2. The van der Waals surface area contributed by atoms with Crippen molar-refractivity contribution in [1.82, 2.24) is 0 Å². The molecule has 0 unspecified atom stereocenters. The van der Waals surface area contributed by atoms with E-state index in [1.807, 2.05) is 0 Å². The molecule has 4 rings (SSSR count). The molecule has 0 atom stereocenters. The molecule has 0 aromatic heterocycles. The fourth-order valence-electron chi connectivity index (χ4n) is 3.77. The molecule has 0 saturated carbocycles. The first-order chi connectivity index (χ1) is 19.1. The molecule has 204 valence electrons. The second-order valence-electron chi connectivity index (χ2n) is 8.86. The van der Waals surface area contributed by atoms with E-state index in [1.165, 1.54) is 49.6 Å². The molecule has 1 heterocycles. The van der Waals surface area contributed by atoms with E-state index in [1.54, 1.807) is 44.2 Å². The van der Waals surface area contributed by atoms with Crippen LogP contribution in [0.25, 0.3) is 0 Å². The molecule has 0 spiro atoms. The largest absolute Gasteiger partial charge is 0.465 e. The van der Waals surface area contributed by atoms with E-state index >= 15 is 0 Å². The van der Waals surface area contributed by atoms with Crippen molar-refractivity contribution in [3.63, 3.8) is 0 Å². The topological polar surface area (TPSA) is 131 Å². The number of amides is 3. The standard InChI is InChI=1S/C29H24ClN3O7/c1-16(2)40-29(38)19-5-4-6-21(15-19)32-25(34)17-7-11-20(12-8-17)31-24-23(30)26(35)33(27(24)36)22-13-9-18(10-14-22)28(37)39-3/h4-16,31H,1-3H3,(H,32,34). The molecule has 1 aliphatic heterocycles. The quantitative estimate of drug-likeness (QED) is 0.298. The molecule has 40 heavy (non-hydrogen) atoms. The zero-order chi connectivity index (χ0) is 29.0. The predicted molar refractivity (Wildman–Crippen MR) is 148 cm³/mol. The van der Waals surface area contributed by atoms with Crippen molar-refractivity contribution in [2.75, 3.05) is 22.6 Å². The van der Waals surface area contributed by atoms with E-state index < -0.39 is 29.7 Å². The Balaban J connectivity index is 1.43. The minimum atomic E-state index is -0.726. The highest BCUT2D eigenvalue weighted by Gasteiger charge is 2.39. The van der Waals surface area contributed by atoms with Gasteiger partial charge in [-0.2, -0.15) is 0 Å². The lowest BCUT2D eigenvalue weighted by Gasteiger charge is -2.15. The van der Waals surface area contributed by atoms with E-state index in [4.69, 9.17) is 16.3 Å². The summed E-state index contributed by atoms with van der Waals surface area (Å²) in [7, 11) is 1.25. The molecule has 0 bridgehead atoms. The van der Waals surface area contributed by atoms with Crippen LogP contribution in [0.3, 0.4) is 0 Å². The van der Waals surface area contributed by atoms with Crippen molar-refractivity contribution < 1.29 is 33.4 Å². The lowest BCUT2D eigenvalue weighted by Crippen LogP contribution is -2.32. The van der Waals surface area contributed by atoms with Crippen LogP contribution < -0.4 is 15.5 Å². The molecule has 3 aromatic carbocycles. The normalized spacial score (nSPS) is 13.0. The maximum atomic E-state index is 13.0. The molecule has 11 heteroatoms. The number of hydrogen-bond acceptors (Lipinski definition) is 8. The highest BCUT2D eigenvalue weighted by molar-refractivity contribution is 6.53. The van der Waals surface area contributed by atoms with Gasteiger partial charge in [0.2, 0.25) is 0 Å². The summed E-state index contributed by atoms with van der Waals surface area (Å²) in [5, 5.41) is 5.26. The third-order valence-corrected chi connectivity index (χ3v) is 6.04. The van der Waals surface area contributed by atoms with Crippen LogP contribution in [0.5, 0.6) is 0 Å². The van der Waals surface area contributed by atoms with E-state index in [-0.39, 0.29) is 28.1 Å². The number of benzene rings is 3. The Hall–Kier alpha value is -4.96. The van der Waals surface area contributed by atoms with Gasteiger partial charge in [-0.05, 0) is 80.6 Å². The zero-order valence-electron chi connectivity index (χ0n) is 21.7. The van der Waals surface area contributed by atoms with Gasteiger partial charge in [0, 0.05) is 16.9 Å². The molecular weight excluding hydrogens is 538 g/mol. The maximum absolute atomic E-state index is 13.0. The zero-order valence-corrected chi connectivity index (χ0v) is 22.4. The first-order valence-electron chi connectivity index (χ1n) is 12.1. The van der Waals surface area contributed by atoms with Crippen molar-refractivity contribution in [2.24, 2.45) is 0 Å². The Morgan fingerprint density at radius 2 is 1.45 bits per heavy atom. The van der Waals surface area contributed by atoms with Gasteiger partial charge in [0.1, 0.15) is 10.7 Å². The minimum Gasteiger partial charge on any atom is -0.465 e. The van der Waals surface area contributed by atoms with Crippen molar-refractivity contribution in [3.05, 3.63) is 100 Å². The lowest BCUT2D eigenvalue weighted by molar-refractivity contribution is -0.120. The summed E-state index contributed by atoms with van der Waals surface area (Å²) >= 11 is 6.19. The Bertz CT molecular complexity index is 1530. The van der Waals surface area contributed by atoms with Crippen molar-refractivity contribution in [2.45, 2.75) is 20.0 Å². The number of esters is 2. The third kappa shape index (κ3) is 6.02. The first-order valence-corrected chi connectivity index (χ1v) is 12.4. The molecule has 0 radical (unpaired) electrons. The number of nitrogens with zero attached hydrogens (tertiary/aromatic N) is 1. The number of ether oxygens (including phenoxy) is 2. The molecule has 10 nitrogen and oxygen atoms in total. The number of carbonyl (C=O) groups excluding carboxylic acids is 5. The minimum absolute atomic E-state index is 0.133. The SMILES string of the molecule is COC(=O)c1ccc(N2C(=O)C(Cl)=C(Nc3ccc(C(=O)Nc4cccc(C(=O)OC(C)C)c4)cc3)C2=O)cc1. The van der Waals surface area contributed by atoms with Crippen LogP contribution >= 0.6 is 11.6 Å². The number of nitrogens with one attached hydrogen (secondary N) is 2. The Morgan fingerprint density at radius 3 is 2.08 bits per heavy atom. The van der Waals surface area contributed by atoms with Crippen molar-refractivity contribution in [1.29, 1.82) is 0 Å². The number of carbonyl (C=O) groups is 5. The highest BCUT2D eigenvalue weighted by atomic mass is 35.5. The van der Waals surface area contributed by atoms with Gasteiger partial charge in [0.05, 0.1) is 30.0 Å². The number of methoxy groups -OCH3 is 1. The average molecular weight is 562 g/mol. The van der Waals surface area contributed by atoms with Crippen LogP contribution in [0.4, 0.5) is 17.1 Å². The van der Waals surface area contributed by atoms with Crippen LogP contribution in [-0.2, 0) is 19.1 Å². The van der Waals surface area contributed by atoms with Crippen LogP contribution in [0.15, 0.2) is 83.5 Å². The summed E-state index contributed by atoms with van der Waals surface area (Å²) in [4.78, 5) is 63.2. The number of anilines is 3. The summed E-state index contributed by atoms with van der Waals surface area (Å²) in [5.41, 5.74) is 1.79. The number of halogens is 1. The van der Waals surface area contributed by atoms with Gasteiger partial charge in [-0.15, -0.1) is 0 Å². The van der Waals surface area contributed by atoms with Gasteiger partial charge in [-0.1, -0.05) is 17.7 Å². The van der Waals surface area contributed by atoms with Crippen molar-refractivity contribution >= 4 is 58.3 Å². The van der Waals surface area contributed by atoms with E-state index in [0.29, 0.717) is 22.5 Å². The predicted octanol–water partition coefficient (Wildman–Crippen LogP) is 4.73. The molecule has 2 N–H and O–H groups in total. The van der Waals surface area contributed by atoms with Crippen LogP contribution in [0, 0.1) is 0 Å². The monoisotopic (exact) mass is 561 g/mol. The Labute approximate surface area is 234 Å². The third-order valence-electron chi connectivity index (χ3n) is 5.69. The second kappa shape index (κ2) is 11.8. The Morgan fingerprint density at radius 1 is 0.800 bits per heavy atom. The summed E-state index contributed by atoms with van der Waals surface area (Å²) in [6.45, 7) is 3.49. The van der Waals surface area contributed by atoms with Gasteiger partial charge in [0.25, 0.3) is 17.7 Å². The molecule has 0 fully saturated rings. The van der Waals surface area contributed by atoms with E-state index in [0.717, 1.165) is 4.90 Å². The fraction of sp³-hybridized carbons (Fsp3) is 0.138. The fourth-order valence-corrected chi connectivity index (χ4v) is 3.98. The molecule has 0 aliphatic carbocycles. The maximum Gasteiger partial charge on any atom is 0.338 e. The summed E-state index contributed by atoms with van der Waals surface area (Å²) in [5.74, 6) is -2.88. The van der Waals surface area contributed by atoms with Gasteiger partial charge in [0.15, 0.2) is 0 Å². The molecule has 3 amide bonds. The van der Waals surface area contributed by atoms with Gasteiger partial charge >= 0.3 is 11.9 Å². The second-order valence-corrected chi connectivity index (χ2v) is 9.24. The molecule has 0 saturated heterocycles. The summed E-state index contributed by atoms with van der Waals surface area (Å²) < 4.78 is 9.84. The van der Waals surface area contributed by atoms with Gasteiger partial charge in [-0.3, -0.25) is 14.4 Å². The van der Waals surface area contributed by atoms with E-state index in [2.05, 4.69) is 15.4 Å². The van der Waals surface area contributed by atoms with Gasteiger partial charge in [-0.25, -0.2) is 14.5 Å². The van der Waals surface area contributed by atoms with Gasteiger partial charge < -0.3 is 20.1 Å². The highest BCUT2D eigenvalue weighted by Crippen LogP contribution is 2.30. The summed E-state index contributed by atoms with van der Waals surface area (Å²) in [6.07, 6.45) is -0.274. The first kappa shape index (κ1) is 28.1. The van der Waals surface area contributed by atoms with Crippen LogP contribution in [-0.4, -0.2) is 42.9 Å². The number of rotatable bonds is 8. The van der Waals surface area contributed by atoms with Crippen LogP contribution in [0.2, 0.25) is 0 Å². The van der Waals surface area contributed by atoms with E-state index in [9.17, 15) is 24.0 Å². The number of imide groups is 1. The molecule has 3 aromatic rings. The molecular formula is C29H24ClN3O7. The van der Waals surface area contributed by atoms with Crippen LogP contribution in [0.1, 0.15) is 44.9 Å². The average Bonchev–Trinajstić information content (AvgIpc) is 3.15. The molecule has 1 aliphatic rings. The Kier molecular flexibility index (Phi) is 8.30. The lowest BCUT2D eigenvalue weighted by atomic mass is 10.1. The smallest absolute Gasteiger partial charge is 0.338 e. The van der Waals surface area contributed by atoms with Crippen molar-refractivity contribution in [3.8, 4) is 0 Å².